The van der Waals surface area contributed by atoms with Gasteiger partial charge in [-0.3, -0.25) is 9.20 Å². The van der Waals surface area contributed by atoms with Gasteiger partial charge in [-0.05, 0) is 67.8 Å². The number of halogens is 1. The second-order valence-corrected chi connectivity index (χ2v) is 7.72. The molecule has 4 rings (SSSR count). The molecule has 0 aliphatic rings. The highest BCUT2D eigenvalue weighted by Crippen LogP contribution is 2.29. The number of nitrogens with zero attached hydrogens (tertiary/aromatic N) is 3. The van der Waals surface area contributed by atoms with Crippen LogP contribution in [0.4, 0.5) is 10.1 Å². The van der Waals surface area contributed by atoms with Gasteiger partial charge in [0.05, 0.1) is 11.3 Å². The fourth-order valence-corrected chi connectivity index (χ4v) is 4.00. The van der Waals surface area contributed by atoms with E-state index in [1.807, 2.05) is 11.3 Å². The van der Waals surface area contributed by atoms with E-state index in [4.69, 9.17) is 0 Å². The lowest BCUT2D eigenvalue weighted by molar-refractivity contribution is -0.113. The molecular weight excluding hydrogens is 375 g/mol. The molecule has 0 spiro atoms. The molecule has 2 heterocycles. The zero-order valence-electron chi connectivity index (χ0n) is 15.8. The van der Waals surface area contributed by atoms with Gasteiger partial charge in [-0.2, -0.15) is 0 Å². The number of benzene rings is 2. The minimum absolute atomic E-state index is 0.179. The van der Waals surface area contributed by atoms with Crippen molar-refractivity contribution < 1.29 is 9.18 Å². The Morgan fingerprint density at radius 2 is 1.75 bits per heavy atom. The molecule has 142 valence electrons. The number of thioether (sulfide) groups is 1. The number of aryl methyl sites for hydroxylation is 3. The van der Waals surface area contributed by atoms with Crippen molar-refractivity contribution in [3.8, 4) is 0 Å². The summed E-state index contributed by atoms with van der Waals surface area (Å²) in [4.78, 5) is 12.3. The van der Waals surface area contributed by atoms with E-state index < -0.39 is 0 Å². The number of nitrogens with one attached hydrogen (secondary N) is 1. The van der Waals surface area contributed by atoms with Crippen molar-refractivity contribution in [1.82, 2.24) is 14.6 Å². The maximum Gasteiger partial charge on any atom is 0.234 e. The predicted octanol–water partition coefficient (Wildman–Crippen LogP) is 4.68. The molecule has 28 heavy (non-hydrogen) atoms. The zero-order valence-corrected chi connectivity index (χ0v) is 16.6. The second-order valence-electron chi connectivity index (χ2n) is 6.77. The van der Waals surface area contributed by atoms with Crippen molar-refractivity contribution in [2.24, 2.45) is 0 Å². The Balaban J connectivity index is 1.65. The summed E-state index contributed by atoms with van der Waals surface area (Å²) in [5.74, 6) is -0.341. The molecule has 5 nitrogen and oxygen atoms in total. The van der Waals surface area contributed by atoms with E-state index in [1.54, 1.807) is 0 Å². The summed E-state index contributed by atoms with van der Waals surface area (Å²) in [6, 6.07) is 12.0. The van der Waals surface area contributed by atoms with E-state index in [0.717, 1.165) is 27.7 Å². The van der Waals surface area contributed by atoms with Crippen LogP contribution in [0.3, 0.4) is 0 Å². The summed E-state index contributed by atoms with van der Waals surface area (Å²) in [6.45, 7) is 6.16. The molecule has 2 aromatic carbocycles. The monoisotopic (exact) mass is 394 g/mol. The Morgan fingerprint density at radius 3 is 2.50 bits per heavy atom. The molecule has 1 N–H and O–H groups in total. The van der Waals surface area contributed by atoms with Gasteiger partial charge in [-0.25, -0.2) is 4.39 Å². The van der Waals surface area contributed by atoms with Crippen LogP contribution >= 0.6 is 11.8 Å². The standard InChI is InChI=1S/C21H19FN4OS/c1-12-4-5-13(2)19-17(12)10-14(3)20-24-25-21(26(19)20)28-11-18(27)23-16-8-6-15(22)7-9-16/h4-10H,11H2,1-3H3,(H,23,27). The maximum atomic E-state index is 13.0. The van der Waals surface area contributed by atoms with E-state index in [1.165, 1.54) is 41.6 Å². The van der Waals surface area contributed by atoms with E-state index in [9.17, 15) is 9.18 Å². The number of carbonyl (C=O) groups is 1. The lowest BCUT2D eigenvalue weighted by atomic mass is 10.0. The highest BCUT2D eigenvalue weighted by atomic mass is 32.2. The highest BCUT2D eigenvalue weighted by Gasteiger charge is 2.16. The first-order valence-corrected chi connectivity index (χ1v) is 9.85. The molecule has 0 bridgehead atoms. The van der Waals surface area contributed by atoms with Crippen LogP contribution in [0.25, 0.3) is 16.6 Å². The summed E-state index contributed by atoms with van der Waals surface area (Å²) in [5, 5.41) is 13.2. The van der Waals surface area contributed by atoms with Crippen LogP contribution < -0.4 is 5.32 Å². The molecule has 4 aromatic rings. The average Bonchev–Trinajstić information content (AvgIpc) is 3.10. The van der Waals surface area contributed by atoms with Gasteiger partial charge in [0.25, 0.3) is 0 Å². The van der Waals surface area contributed by atoms with Crippen molar-refractivity contribution in [2.75, 3.05) is 11.1 Å². The summed E-state index contributed by atoms with van der Waals surface area (Å²) < 4.78 is 15.0. The summed E-state index contributed by atoms with van der Waals surface area (Å²) in [6.07, 6.45) is 0. The average molecular weight is 394 g/mol. The van der Waals surface area contributed by atoms with Crippen LogP contribution in [0.5, 0.6) is 0 Å². The van der Waals surface area contributed by atoms with E-state index in [2.05, 4.69) is 47.6 Å². The van der Waals surface area contributed by atoms with E-state index >= 15 is 0 Å². The fourth-order valence-electron chi connectivity index (χ4n) is 3.26. The highest BCUT2D eigenvalue weighted by molar-refractivity contribution is 7.99. The van der Waals surface area contributed by atoms with Crippen molar-refractivity contribution in [3.05, 3.63) is 65.0 Å². The number of hydrogen-bond acceptors (Lipinski definition) is 4. The van der Waals surface area contributed by atoms with Crippen LogP contribution in [0, 0.1) is 26.6 Å². The second kappa shape index (κ2) is 7.24. The number of pyridine rings is 1. The lowest BCUT2D eigenvalue weighted by Gasteiger charge is -2.11. The molecule has 1 amide bonds. The zero-order chi connectivity index (χ0) is 19.8. The molecule has 7 heteroatoms. The van der Waals surface area contributed by atoms with Gasteiger partial charge >= 0.3 is 0 Å². The smallest absolute Gasteiger partial charge is 0.234 e. The van der Waals surface area contributed by atoms with Crippen molar-refractivity contribution in [3.63, 3.8) is 0 Å². The number of aromatic nitrogens is 3. The summed E-state index contributed by atoms with van der Waals surface area (Å²) in [5.41, 5.74) is 5.77. The minimum Gasteiger partial charge on any atom is -0.325 e. The molecule has 2 aromatic heterocycles. The number of carbonyl (C=O) groups excluding carboxylic acids is 1. The van der Waals surface area contributed by atoms with Gasteiger partial charge < -0.3 is 5.32 Å². The Hall–Kier alpha value is -2.93. The number of fused-ring (bicyclic) bond motifs is 3. The molecule has 0 fully saturated rings. The van der Waals surface area contributed by atoms with Gasteiger partial charge in [0, 0.05) is 11.1 Å². The van der Waals surface area contributed by atoms with Crippen LogP contribution in [0.2, 0.25) is 0 Å². The summed E-state index contributed by atoms with van der Waals surface area (Å²) >= 11 is 1.33. The SMILES string of the molecule is Cc1ccc(C)c2c1cc(C)c1nnc(SCC(=O)Nc3ccc(F)cc3)n12. The maximum absolute atomic E-state index is 13.0. The van der Waals surface area contributed by atoms with Gasteiger partial charge in [-0.15, -0.1) is 10.2 Å². The molecule has 0 saturated heterocycles. The Kier molecular flexibility index (Phi) is 4.77. The van der Waals surface area contributed by atoms with Gasteiger partial charge in [0.2, 0.25) is 5.91 Å². The predicted molar refractivity (Wildman–Crippen MR) is 110 cm³/mol. The topological polar surface area (TPSA) is 59.3 Å². The quantitative estimate of drug-likeness (QED) is 0.511. The first kappa shape index (κ1) is 18.4. The molecule has 0 aliphatic heterocycles. The molecule has 0 radical (unpaired) electrons. The van der Waals surface area contributed by atoms with Gasteiger partial charge in [0.15, 0.2) is 10.8 Å². The molecule has 0 saturated carbocycles. The Morgan fingerprint density at radius 1 is 1.04 bits per heavy atom. The molecule has 0 unspecified atom stereocenters. The van der Waals surface area contributed by atoms with Crippen LogP contribution in [-0.2, 0) is 4.79 Å². The van der Waals surface area contributed by atoms with E-state index in [0.29, 0.717) is 10.8 Å². The van der Waals surface area contributed by atoms with Crippen LogP contribution in [-0.4, -0.2) is 26.3 Å². The van der Waals surface area contributed by atoms with Crippen molar-refractivity contribution in [2.45, 2.75) is 25.9 Å². The normalized spacial score (nSPS) is 11.3. The molecular formula is C21H19FN4OS. The first-order chi connectivity index (χ1) is 13.4. The van der Waals surface area contributed by atoms with Gasteiger partial charge in [0.1, 0.15) is 5.82 Å². The summed E-state index contributed by atoms with van der Waals surface area (Å²) in [7, 11) is 0. The number of amides is 1. The van der Waals surface area contributed by atoms with Gasteiger partial charge in [-0.1, -0.05) is 23.9 Å². The Bertz CT molecular complexity index is 1200. The van der Waals surface area contributed by atoms with Crippen LogP contribution in [0.1, 0.15) is 16.7 Å². The Labute approximate surface area is 166 Å². The largest absolute Gasteiger partial charge is 0.325 e. The fraction of sp³-hybridized carbons (Fsp3) is 0.190. The lowest BCUT2D eigenvalue weighted by Crippen LogP contribution is -2.14. The minimum atomic E-state index is -0.338. The number of hydrogen-bond donors (Lipinski definition) is 1. The number of rotatable bonds is 4. The molecule has 0 atom stereocenters. The third-order valence-corrected chi connectivity index (χ3v) is 5.60. The number of anilines is 1. The third kappa shape index (κ3) is 3.33. The third-order valence-electron chi connectivity index (χ3n) is 4.67. The first-order valence-electron chi connectivity index (χ1n) is 8.87. The van der Waals surface area contributed by atoms with Crippen molar-refractivity contribution in [1.29, 1.82) is 0 Å². The van der Waals surface area contributed by atoms with E-state index in [-0.39, 0.29) is 17.5 Å². The van der Waals surface area contributed by atoms with Crippen molar-refractivity contribution >= 4 is 39.9 Å². The van der Waals surface area contributed by atoms with Crippen LogP contribution in [0.15, 0.2) is 47.6 Å². The molecule has 0 aliphatic carbocycles.